The van der Waals surface area contributed by atoms with Crippen molar-refractivity contribution in [3.63, 3.8) is 0 Å². The van der Waals surface area contributed by atoms with Crippen molar-refractivity contribution in [2.24, 2.45) is 0 Å². The van der Waals surface area contributed by atoms with Crippen LogP contribution in [0.5, 0.6) is 0 Å². The van der Waals surface area contributed by atoms with Gasteiger partial charge in [-0.15, -0.1) is 0 Å². The fourth-order valence-corrected chi connectivity index (χ4v) is 1.95. The maximum Gasteiger partial charge on any atom is 0.419 e. The van der Waals surface area contributed by atoms with Crippen molar-refractivity contribution < 1.29 is 17.6 Å². The van der Waals surface area contributed by atoms with Gasteiger partial charge in [0.2, 0.25) is 0 Å². The van der Waals surface area contributed by atoms with Crippen molar-refractivity contribution in [3.8, 4) is 0 Å². The summed E-state index contributed by atoms with van der Waals surface area (Å²) in [5.74, 6) is -0.768. The summed E-state index contributed by atoms with van der Waals surface area (Å²) in [6, 6.07) is 2.41. The van der Waals surface area contributed by atoms with Crippen LogP contribution in [0.1, 0.15) is 29.9 Å². The summed E-state index contributed by atoms with van der Waals surface area (Å²) in [6.45, 7) is 2.41. The molecule has 0 aliphatic rings. The lowest BCUT2D eigenvalue weighted by atomic mass is 10.0. The van der Waals surface area contributed by atoms with E-state index in [1.165, 1.54) is 12.3 Å². The van der Waals surface area contributed by atoms with Crippen LogP contribution >= 0.6 is 0 Å². The monoisotopic (exact) mass is 287 g/mol. The number of aromatic amines is 1. The Morgan fingerprint density at radius 2 is 2.10 bits per heavy atom. The average molecular weight is 287 g/mol. The molecule has 0 saturated heterocycles. The van der Waals surface area contributed by atoms with Gasteiger partial charge in [-0.25, -0.2) is 9.37 Å². The van der Waals surface area contributed by atoms with Gasteiger partial charge in [0.25, 0.3) is 0 Å². The number of H-pyrrole nitrogens is 1. The van der Waals surface area contributed by atoms with Gasteiger partial charge in [-0.2, -0.15) is 13.2 Å². The normalized spacial score (nSPS) is 13.4. The summed E-state index contributed by atoms with van der Waals surface area (Å²) >= 11 is 0. The molecule has 1 unspecified atom stereocenters. The minimum atomic E-state index is -4.69. The fourth-order valence-electron chi connectivity index (χ4n) is 1.95. The van der Waals surface area contributed by atoms with E-state index in [4.69, 9.17) is 0 Å². The van der Waals surface area contributed by atoms with Crippen LogP contribution in [0, 0.1) is 5.82 Å². The highest BCUT2D eigenvalue weighted by Crippen LogP contribution is 2.33. The molecule has 0 fully saturated rings. The van der Waals surface area contributed by atoms with E-state index in [0.29, 0.717) is 17.9 Å². The van der Waals surface area contributed by atoms with E-state index in [0.717, 1.165) is 12.1 Å². The Kier molecular flexibility index (Phi) is 4.08. The van der Waals surface area contributed by atoms with Gasteiger partial charge in [0.15, 0.2) is 0 Å². The van der Waals surface area contributed by atoms with Crippen LogP contribution in [-0.4, -0.2) is 16.5 Å². The van der Waals surface area contributed by atoms with Crippen LogP contribution in [-0.2, 0) is 6.18 Å². The molecule has 2 N–H and O–H groups in total. The predicted octanol–water partition coefficient (Wildman–Crippen LogP) is 3.27. The van der Waals surface area contributed by atoms with Crippen molar-refractivity contribution in [3.05, 3.63) is 53.4 Å². The van der Waals surface area contributed by atoms with Gasteiger partial charge < -0.3 is 10.3 Å². The average Bonchev–Trinajstić information content (AvgIpc) is 2.87. The molecule has 2 rings (SSSR count). The Bertz CT molecular complexity index is 563. The molecule has 0 bridgehead atoms. The largest absolute Gasteiger partial charge is 0.419 e. The summed E-state index contributed by atoms with van der Waals surface area (Å²) in [5, 5.41) is 3.05. The van der Waals surface area contributed by atoms with Gasteiger partial charge in [0.05, 0.1) is 11.6 Å². The van der Waals surface area contributed by atoms with Gasteiger partial charge in [-0.05, 0) is 24.2 Å². The zero-order valence-electron chi connectivity index (χ0n) is 10.6. The topological polar surface area (TPSA) is 40.7 Å². The Morgan fingerprint density at radius 1 is 1.35 bits per heavy atom. The first-order valence-electron chi connectivity index (χ1n) is 6.02. The third-order valence-electron chi connectivity index (χ3n) is 2.83. The summed E-state index contributed by atoms with van der Waals surface area (Å²) in [5.41, 5.74) is -0.886. The maximum absolute atomic E-state index is 13.6. The molecule has 0 amide bonds. The second-order valence-corrected chi connectivity index (χ2v) is 4.20. The summed E-state index contributed by atoms with van der Waals surface area (Å²) < 4.78 is 51.2. The molecular formula is C13H13F4N3. The first kappa shape index (κ1) is 14.5. The van der Waals surface area contributed by atoms with E-state index in [1.54, 1.807) is 6.20 Å². The number of hydrogen-bond donors (Lipinski definition) is 2. The number of aromatic nitrogens is 2. The van der Waals surface area contributed by atoms with Crippen LogP contribution in [0.4, 0.5) is 17.6 Å². The molecule has 7 heteroatoms. The lowest BCUT2D eigenvalue weighted by Crippen LogP contribution is -2.23. The smallest absolute Gasteiger partial charge is 0.347 e. The van der Waals surface area contributed by atoms with Crippen molar-refractivity contribution >= 4 is 0 Å². The number of rotatable bonds is 4. The van der Waals surface area contributed by atoms with E-state index < -0.39 is 23.6 Å². The molecule has 1 atom stereocenters. The number of hydrogen-bond acceptors (Lipinski definition) is 2. The van der Waals surface area contributed by atoms with Gasteiger partial charge in [0, 0.05) is 12.4 Å². The molecule has 20 heavy (non-hydrogen) atoms. The third-order valence-corrected chi connectivity index (χ3v) is 2.83. The Labute approximate surface area is 113 Å². The summed E-state index contributed by atoms with van der Waals surface area (Å²) in [4.78, 5) is 6.92. The second-order valence-electron chi connectivity index (χ2n) is 4.20. The molecule has 0 saturated carbocycles. The highest BCUT2D eigenvalue weighted by atomic mass is 19.4. The minimum absolute atomic E-state index is 0.382. The molecule has 108 valence electrons. The maximum atomic E-state index is 13.6. The standard InChI is InChI=1S/C13H13F4N3/c1-2-18-11(12-19-5-6-20-12)8-3-4-9(10(14)7-8)13(15,16)17/h3-7,11,18H,2H2,1H3,(H,19,20). The van der Waals surface area contributed by atoms with Gasteiger partial charge >= 0.3 is 6.18 Å². The van der Waals surface area contributed by atoms with E-state index >= 15 is 0 Å². The van der Waals surface area contributed by atoms with Crippen molar-refractivity contribution in [1.82, 2.24) is 15.3 Å². The minimum Gasteiger partial charge on any atom is -0.347 e. The summed E-state index contributed by atoms with van der Waals surface area (Å²) in [7, 11) is 0. The van der Waals surface area contributed by atoms with Crippen LogP contribution in [0.15, 0.2) is 30.6 Å². The van der Waals surface area contributed by atoms with Crippen LogP contribution in [0.25, 0.3) is 0 Å². The van der Waals surface area contributed by atoms with Crippen molar-refractivity contribution in [2.45, 2.75) is 19.1 Å². The van der Waals surface area contributed by atoms with Crippen molar-refractivity contribution in [2.75, 3.05) is 6.54 Å². The first-order chi connectivity index (χ1) is 9.43. The molecule has 0 radical (unpaired) electrons. The highest BCUT2D eigenvalue weighted by Gasteiger charge is 2.34. The second kappa shape index (κ2) is 5.62. The number of benzene rings is 1. The fraction of sp³-hybridized carbons (Fsp3) is 0.308. The highest BCUT2D eigenvalue weighted by molar-refractivity contribution is 5.31. The molecule has 1 aromatic heterocycles. The van der Waals surface area contributed by atoms with Gasteiger partial charge in [-0.3, -0.25) is 0 Å². The molecule has 1 heterocycles. The van der Waals surface area contributed by atoms with E-state index in [-0.39, 0.29) is 0 Å². The molecule has 0 aliphatic carbocycles. The lowest BCUT2D eigenvalue weighted by Gasteiger charge is -2.17. The number of nitrogens with one attached hydrogen (secondary N) is 2. The number of nitrogens with zero attached hydrogens (tertiary/aromatic N) is 1. The van der Waals surface area contributed by atoms with E-state index in [2.05, 4.69) is 15.3 Å². The first-order valence-corrected chi connectivity index (χ1v) is 6.02. The Balaban J connectivity index is 2.38. The van der Waals surface area contributed by atoms with Crippen LogP contribution in [0.3, 0.4) is 0 Å². The zero-order valence-corrected chi connectivity index (χ0v) is 10.6. The third kappa shape index (κ3) is 2.98. The lowest BCUT2D eigenvalue weighted by molar-refractivity contribution is -0.140. The number of alkyl halides is 3. The van der Waals surface area contributed by atoms with E-state index in [1.807, 2.05) is 6.92 Å². The molecule has 2 aromatic rings. The molecular weight excluding hydrogens is 274 g/mol. The molecule has 0 spiro atoms. The van der Waals surface area contributed by atoms with Crippen LogP contribution < -0.4 is 5.32 Å². The zero-order chi connectivity index (χ0) is 14.8. The van der Waals surface area contributed by atoms with Gasteiger partial charge in [0.1, 0.15) is 11.6 Å². The predicted molar refractivity (Wildman–Crippen MR) is 65.5 cm³/mol. The summed E-state index contributed by atoms with van der Waals surface area (Å²) in [6.07, 6.45) is -1.57. The quantitative estimate of drug-likeness (QED) is 0.847. The van der Waals surface area contributed by atoms with E-state index in [9.17, 15) is 17.6 Å². The number of imidazole rings is 1. The molecule has 1 aromatic carbocycles. The Hall–Kier alpha value is -1.89. The SMILES string of the molecule is CCNC(c1ccc(C(F)(F)F)c(F)c1)c1ncc[nH]1. The van der Waals surface area contributed by atoms with Crippen LogP contribution in [0.2, 0.25) is 0 Å². The molecule has 3 nitrogen and oxygen atoms in total. The van der Waals surface area contributed by atoms with Crippen molar-refractivity contribution in [1.29, 1.82) is 0 Å². The number of halogens is 4. The van der Waals surface area contributed by atoms with Gasteiger partial charge in [-0.1, -0.05) is 13.0 Å². The molecule has 0 aliphatic heterocycles. The Morgan fingerprint density at radius 3 is 2.60 bits per heavy atom.